The van der Waals surface area contributed by atoms with Crippen LogP contribution in [0.2, 0.25) is 0 Å². The molecule has 0 aliphatic rings. The van der Waals surface area contributed by atoms with E-state index in [1.807, 2.05) is 41.1 Å². The summed E-state index contributed by atoms with van der Waals surface area (Å²) in [6, 6.07) is 12.2. The summed E-state index contributed by atoms with van der Waals surface area (Å²) in [5.74, 6) is -0.190. The van der Waals surface area contributed by atoms with E-state index in [-0.39, 0.29) is 11.5 Å². The predicted octanol–water partition coefficient (Wildman–Crippen LogP) is 1.85. The maximum Gasteiger partial charge on any atom is 0.255 e. The van der Waals surface area contributed by atoms with Gasteiger partial charge in [0.05, 0.1) is 11.9 Å². The zero-order chi connectivity index (χ0) is 16.8. The number of hydrogen-bond donors (Lipinski definition) is 1. The van der Waals surface area contributed by atoms with Crippen molar-refractivity contribution in [3.8, 4) is 5.69 Å². The molecule has 1 N–H and O–H groups in total. The average molecular weight is 322 g/mol. The van der Waals surface area contributed by atoms with Crippen LogP contribution in [-0.2, 0) is 6.54 Å². The molecule has 0 unspecified atom stereocenters. The van der Waals surface area contributed by atoms with E-state index >= 15 is 0 Å². The van der Waals surface area contributed by atoms with Crippen molar-refractivity contribution in [2.24, 2.45) is 0 Å². The van der Waals surface area contributed by atoms with Crippen LogP contribution in [0.25, 0.3) is 5.69 Å². The number of rotatable bonds is 6. The molecule has 0 saturated heterocycles. The van der Waals surface area contributed by atoms with E-state index in [9.17, 15) is 9.59 Å². The van der Waals surface area contributed by atoms with Gasteiger partial charge in [0.2, 0.25) is 0 Å². The molecule has 122 valence electrons. The highest BCUT2D eigenvalue weighted by atomic mass is 16.2. The highest BCUT2D eigenvalue weighted by molar-refractivity contribution is 5.93. The number of nitrogens with zero attached hydrogens (tertiary/aromatic N) is 3. The van der Waals surface area contributed by atoms with Gasteiger partial charge in [0.15, 0.2) is 0 Å². The quantitative estimate of drug-likeness (QED) is 0.704. The number of pyridine rings is 1. The third-order valence-corrected chi connectivity index (χ3v) is 3.65. The summed E-state index contributed by atoms with van der Waals surface area (Å²) in [4.78, 5) is 28.2. The number of aryl methyl sites for hydroxylation is 1. The second-order valence-corrected chi connectivity index (χ2v) is 5.37. The molecule has 2 heterocycles. The first-order valence-electron chi connectivity index (χ1n) is 7.76. The van der Waals surface area contributed by atoms with Gasteiger partial charge in [0.25, 0.3) is 11.5 Å². The van der Waals surface area contributed by atoms with Crippen molar-refractivity contribution in [2.75, 3.05) is 6.54 Å². The van der Waals surface area contributed by atoms with Crippen molar-refractivity contribution in [1.82, 2.24) is 19.4 Å². The fourth-order valence-corrected chi connectivity index (χ4v) is 2.40. The number of imidazole rings is 1. The average Bonchev–Trinajstić information content (AvgIpc) is 3.13. The fourth-order valence-electron chi connectivity index (χ4n) is 2.40. The summed E-state index contributed by atoms with van der Waals surface area (Å²) in [6.07, 6.45) is 7.74. The first-order chi connectivity index (χ1) is 11.7. The predicted molar refractivity (Wildman–Crippen MR) is 91.2 cm³/mol. The number of benzene rings is 1. The molecule has 0 saturated carbocycles. The molecule has 0 aliphatic carbocycles. The van der Waals surface area contributed by atoms with E-state index in [1.54, 1.807) is 24.8 Å². The Bertz CT molecular complexity index is 854. The molecule has 0 spiro atoms. The van der Waals surface area contributed by atoms with Gasteiger partial charge in [0.1, 0.15) is 0 Å². The molecule has 6 heteroatoms. The lowest BCUT2D eigenvalue weighted by Gasteiger charge is -2.09. The van der Waals surface area contributed by atoms with Crippen LogP contribution in [0, 0.1) is 0 Å². The molecule has 0 aliphatic heterocycles. The van der Waals surface area contributed by atoms with Crippen molar-refractivity contribution in [2.45, 2.75) is 13.0 Å². The van der Waals surface area contributed by atoms with Crippen LogP contribution < -0.4 is 10.9 Å². The van der Waals surface area contributed by atoms with Gasteiger partial charge in [-0.15, -0.1) is 0 Å². The summed E-state index contributed by atoms with van der Waals surface area (Å²) in [5.41, 5.74) is 1.02. The first-order valence-corrected chi connectivity index (χ1v) is 7.76. The molecule has 24 heavy (non-hydrogen) atoms. The van der Waals surface area contributed by atoms with E-state index in [1.165, 1.54) is 10.6 Å². The maximum absolute atomic E-state index is 12.3. The van der Waals surface area contributed by atoms with Crippen LogP contribution in [0.5, 0.6) is 0 Å². The van der Waals surface area contributed by atoms with Gasteiger partial charge in [-0.25, -0.2) is 4.98 Å². The maximum atomic E-state index is 12.3. The zero-order valence-electron chi connectivity index (χ0n) is 13.1. The topological polar surface area (TPSA) is 68.9 Å². The van der Waals surface area contributed by atoms with Gasteiger partial charge < -0.3 is 9.88 Å². The molecule has 6 nitrogen and oxygen atoms in total. The van der Waals surface area contributed by atoms with E-state index in [0.29, 0.717) is 12.1 Å². The van der Waals surface area contributed by atoms with Crippen molar-refractivity contribution >= 4 is 5.91 Å². The van der Waals surface area contributed by atoms with Crippen LogP contribution in [0.15, 0.2) is 72.2 Å². The van der Waals surface area contributed by atoms with Gasteiger partial charge in [-0.2, -0.15) is 0 Å². The number of carbonyl (C=O) groups is 1. The molecule has 0 atom stereocenters. The van der Waals surface area contributed by atoms with Gasteiger partial charge >= 0.3 is 0 Å². The largest absolute Gasteiger partial charge is 0.352 e. The third-order valence-electron chi connectivity index (χ3n) is 3.65. The summed E-state index contributed by atoms with van der Waals surface area (Å²) >= 11 is 0. The minimum Gasteiger partial charge on any atom is -0.352 e. The van der Waals surface area contributed by atoms with Gasteiger partial charge in [-0.1, -0.05) is 18.2 Å². The molecule has 3 rings (SSSR count). The lowest BCUT2D eigenvalue weighted by atomic mass is 10.2. The van der Waals surface area contributed by atoms with Crippen LogP contribution in [0.3, 0.4) is 0 Å². The third kappa shape index (κ3) is 3.78. The minimum absolute atomic E-state index is 0.169. The Hall–Kier alpha value is -3.15. The highest BCUT2D eigenvalue weighted by Gasteiger charge is 2.08. The Labute approximate surface area is 139 Å². The second-order valence-electron chi connectivity index (χ2n) is 5.37. The Morgan fingerprint density at radius 2 is 1.96 bits per heavy atom. The number of hydrogen-bond acceptors (Lipinski definition) is 3. The van der Waals surface area contributed by atoms with Crippen molar-refractivity contribution in [3.63, 3.8) is 0 Å². The summed E-state index contributed by atoms with van der Waals surface area (Å²) in [6.45, 7) is 1.35. The zero-order valence-corrected chi connectivity index (χ0v) is 13.1. The van der Waals surface area contributed by atoms with E-state index < -0.39 is 0 Å². The minimum atomic E-state index is -0.190. The molecule has 0 radical (unpaired) electrons. The molecular formula is C18H18N4O2. The van der Waals surface area contributed by atoms with Crippen LogP contribution >= 0.6 is 0 Å². The molecule has 1 aromatic carbocycles. The smallest absolute Gasteiger partial charge is 0.255 e. The first kappa shape index (κ1) is 15.7. The van der Waals surface area contributed by atoms with E-state index in [0.717, 1.165) is 18.7 Å². The van der Waals surface area contributed by atoms with Crippen LogP contribution in [-0.4, -0.2) is 26.6 Å². The number of nitrogens with one attached hydrogen (secondary N) is 1. The molecule has 2 aromatic heterocycles. The molecule has 1 amide bonds. The number of aromatic nitrogens is 3. The van der Waals surface area contributed by atoms with Crippen LogP contribution in [0.4, 0.5) is 0 Å². The van der Waals surface area contributed by atoms with Gasteiger partial charge in [-0.3, -0.25) is 14.2 Å². The van der Waals surface area contributed by atoms with E-state index in [4.69, 9.17) is 0 Å². The second kappa shape index (κ2) is 7.41. The summed E-state index contributed by atoms with van der Waals surface area (Å²) in [5, 5.41) is 2.87. The standard InChI is InChI=1S/C18H18N4O2/c23-17-8-7-15(13-22(17)16-5-2-1-3-6-16)18(24)20-9-4-11-21-12-10-19-14-21/h1-3,5-8,10,12-14H,4,9,11H2,(H,20,24). The number of para-hydroxylation sites is 1. The molecule has 3 aromatic rings. The molecule has 0 fully saturated rings. The summed E-state index contributed by atoms with van der Waals surface area (Å²) in [7, 11) is 0. The Morgan fingerprint density at radius 1 is 1.12 bits per heavy atom. The summed E-state index contributed by atoms with van der Waals surface area (Å²) < 4.78 is 3.43. The molecular weight excluding hydrogens is 304 g/mol. The van der Waals surface area contributed by atoms with Crippen molar-refractivity contribution < 1.29 is 4.79 Å². The van der Waals surface area contributed by atoms with Gasteiger partial charge in [0, 0.05) is 43.4 Å². The Morgan fingerprint density at radius 3 is 2.71 bits per heavy atom. The highest BCUT2D eigenvalue weighted by Crippen LogP contribution is 2.06. The normalized spacial score (nSPS) is 10.5. The van der Waals surface area contributed by atoms with Gasteiger partial charge in [-0.05, 0) is 24.6 Å². The van der Waals surface area contributed by atoms with Crippen molar-refractivity contribution in [1.29, 1.82) is 0 Å². The SMILES string of the molecule is O=C(NCCCn1ccnc1)c1ccc(=O)n(-c2ccccc2)c1. The Balaban J connectivity index is 1.64. The fraction of sp³-hybridized carbons (Fsp3) is 0.167. The Kier molecular flexibility index (Phi) is 4.86. The van der Waals surface area contributed by atoms with Crippen LogP contribution in [0.1, 0.15) is 16.8 Å². The van der Waals surface area contributed by atoms with Crippen molar-refractivity contribution in [3.05, 3.63) is 83.3 Å². The number of carbonyl (C=O) groups excluding carboxylic acids is 1. The lowest BCUT2D eigenvalue weighted by Crippen LogP contribution is -2.27. The molecule has 0 bridgehead atoms. The lowest BCUT2D eigenvalue weighted by molar-refractivity contribution is 0.0952. The van der Waals surface area contributed by atoms with E-state index in [2.05, 4.69) is 10.3 Å². The monoisotopic (exact) mass is 322 g/mol. The number of amides is 1.